The highest BCUT2D eigenvalue weighted by atomic mass is 16.5. The Morgan fingerprint density at radius 1 is 1.21 bits per heavy atom. The van der Waals surface area contributed by atoms with Crippen molar-refractivity contribution in [1.82, 2.24) is 10.2 Å². The number of nitrogens with one attached hydrogen (secondary N) is 2. The summed E-state index contributed by atoms with van der Waals surface area (Å²) < 4.78 is 4.68. The summed E-state index contributed by atoms with van der Waals surface area (Å²) in [4.78, 5) is 23.9. The van der Waals surface area contributed by atoms with Crippen LogP contribution in [0.3, 0.4) is 0 Å². The molecule has 0 aliphatic heterocycles. The van der Waals surface area contributed by atoms with Gasteiger partial charge in [-0.2, -0.15) is 10.4 Å². The van der Waals surface area contributed by atoms with Gasteiger partial charge in [0.25, 0.3) is 5.91 Å². The third-order valence-corrected chi connectivity index (χ3v) is 3.48. The van der Waals surface area contributed by atoms with Crippen molar-refractivity contribution < 1.29 is 14.3 Å². The molecule has 7 heteroatoms. The highest BCUT2D eigenvalue weighted by molar-refractivity contribution is 6.07. The number of H-pyrrole nitrogens is 1. The molecule has 118 valence electrons. The molecule has 0 saturated carbocycles. The Bertz CT molecular complexity index is 968. The zero-order valence-electron chi connectivity index (χ0n) is 12.7. The van der Waals surface area contributed by atoms with E-state index in [0.717, 1.165) is 0 Å². The van der Waals surface area contributed by atoms with E-state index in [4.69, 9.17) is 5.26 Å². The fourth-order valence-electron chi connectivity index (χ4n) is 2.24. The third kappa shape index (κ3) is 2.80. The second-order valence-corrected chi connectivity index (χ2v) is 4.97. The Labute approximate surface area is 136 Å². The zero-order chi connectivity index (χ0) is 17.1. The molecule has 3 aromatic rings. The molecule has 1 amide bonds. The number of hydrogen-bond donors (Lipinski definition) is 2. The predicted octanol–water partition coefficient (Wildman–Crippen LogP) is 2.47. The van der Waals surface area contributed by atoms with Crippen molar-refractivity contribution in [3.05, 3.63) is 59.3 Å². The summed E-state index contributed by atoms with van der Waals surface area (Å²) in [5.41, 5.74) is 2.24. The average Bonchev–Trinajstić information content (AvgIpc) is 3.04. The zero-order valence-corrected chi connectivity index (χ0v) is 12.7. The Morgan fingerprint density at radius 3 is 2.62 bits per heavy atom. The standard InChI is InChI=1S/C17H12N4O3/c1-24-17(23)15-13-8-12(6-7-14(13)20-21-15)19-16(22)11-4-2-10(9-18)3-5-11/h2-8H,1H3,(H,19,22)(H,20,21). The Kier molecular flexibility index (Phi) is 3.95. The highest BCUT2D eigenvalue weighted by Gasteiger charge is 2.15. The average molecular weight is 320 g/mol. The van der Waals surface area contributed by atoms with Crippen LogP contribution in [0.4, 0.5) is 5.69 Å². The summed E-state index contributed by atoms with van der Waals surface area (Å²) >= 11 is 0. The van der Waals surface area contributed by atoms with Crippen LogP contribution in [0.25, 0.3) is 10.9 Å². The Hall–Kier alpha value is -3.66. The SMILES string of the molecule is COC(=O)c1n[nH]c2ccc(NC(=O)c3ccc(C#N)cc3)cc12. The fourth-order valence-corrected chi connectivity index (χ4v) is 2.24. The lowest BCUT2D eigenvalue weighted by Crippen LogP contribution is -2.11. The van der Waals surface area contributed by atoms with E-state index in [1.807, 2.05) is 6.07 Å². The van der Waals surface area contributed by atoms with Crippen molar-refractivity contribution in [3.8, 4) is 6.07 Å². The molecular weight excluding hydrogens is 308 g/mol. The van der Waals surface area contributed by atoms with E-state index in [1.165, 1.54) is 7.11 Å². The first-order valence-electron chi connectivity index (χ1n) is 7.00. The van der Waals surface area contributed by atoms with Crippen molar-refractivity contribution in [2.24, 2.45) is 0 Å². The number of aromatic nitrogens is 2. The number of carbonyl (C=O) groups is 2. The van der Waals surface area contributed by atoms with Gasteiger partial charge >= 0.3 is 5.97 Å². The van der Waals surface area contributed by atoms with Crippen LogP contribution in [0.5, 0.6) is 0 Å². The van der Waals surface area contributed by atoms with Crippen LogP contribution in [-0.4, -0.2) is 29.2 Å². The number of rotatable bonds is 3. The molecular formula is C17H12N4O3. The smallest absolute Gasteiger partial charge is 0.359 e. The number of fused-ring (bicyclic) bond motifs is 1. The molecule has 7 nitrogen and oxygen atoms in total. The molecule has 0 radical (unpaired) electrons. The first kappa shape index (κ1) is 15.2. The van der Waals surface area contributed by atoms with Crippen LogP contribution >= 0.6 is 0 Å². The van der Waals surface area contributed by atoms with Crippen molar-refractivity contribution >= 4 is 28.5 Å². The lowest BCUT2D eigenvalue weighted by Gasteiger charge is -2.06. The number of nitrogens with zero attached hydrogens (tertiary/aromatic N) is 2. The van der Waals surface area contributed by atoms with Gasteiger partial charge in [-0.25, -0.2) is 4.79 Å². The van der Waals surface area contributed by atoms with E-state index in [0.29, 0.717) is 27.7 Å². The van der Waals surface area contributed by atoms with Gasteiger partial charge in [0.2, 0.25) is 0 Å². The topological polar surface area (TPSA) is 108 Å². The van der Waals surface area contributed by atoms with E-state index < -0.39 is 5.97 Å². The molecule has 0 saturated heterocycles. The minimum atomic E-state index is -0.559. The fraction of sp³-hybridized carbons (Fsp3) is 0.0588. The molecule has 0 fully saturated rings. The van der Waals surface area contributed by atoms with Gasteiger partial charge in [0.05, 0.1) is 24.3 Å². The van der Waals surface area contributed by atoms with Crippen LogP contribution in [0.2, 0.25) is 0 Å². The Morgan fingerprint density at radius 2 is 1.96 bits per heavy atom. The van der Waals surface area contributed by atoms with Gasteiger partial charge in [-0.15, -0.1) is 0 Å². The van der Waals surface area contributed by atoms with Gasteiger partial charge in [-0.3, -0.25) is 9.89 Å². The molecule has 2 aromatic carbocycles. The van der Waals surface area contributed by atoms with E-state index in [-0.39, 0.29) is 11.6 Å². The maximum absolute atomic E-state index is 12.3. The monoisotopic (exact) mass is 320 g/mol. The largest absolute Gasteiger partial charge is 0.464 e. The number of esters is 1. The van der Waals surface area contributed by atoms with Crippen LogP contribution < -0.4 is 5.32 Å². The summed E-state index contributed by atoms with van der Waals surface area (Å²) in [6, 6.07) is 13.3. The molecule has 0 spiro atoms. The number of aromatic amines is 1. The number of amides is 1. The number of methoxy groups -OCH3 is 1. The molecule has 3 rings (SSSR count). The summed E-state index contributed by atoms with van der Waals surface area (Å²) in [5, 5.41) is 18.7. The molecule has 2 N–H and O–H groups in total. The number of anilines is 1. The number of benzene rings is 2. The van der Waals surface area contributed by atoms with Crippen molar-refractivity contribution in [3.63, 3.8) is 0 Å². The van der Waals surface area contributed by atoms with Crippen LogP contribution in [0, 0.1) is 11.3 Å². The Balaban J connectivity index is 1.87. The van der Waals surface area contributed by atoms with Crippen molar-refractivity contribution in [2.45, 2.75) is 0 Å². The van der Waals surface area contributed by atoms with Gasteiger partial charge in [0.15, 0.2) is 5.69 Å². The molecule has 0 unspecified atom stereocenters. The molecule has 1 heterocycles. The number of nitriles is 1. The first-order chi connectivity index (χ1) is 11.6. The number of hydrogen-bond acceptors (Lipinski definition) is 5. The van der Waals surface area contributed by atoms with Gasteiger partial charge in [0, 0.05) is 16.6 Å². The van der Waals surface area contributed by atoms with Crippen LogP contribution in [0.1, 0.15) is 26.4 Å². The third-order valence-electron chi connectivity index (χ3n) is 3.48. The van der Waals surface area contributed by atoms with Gasteiger partial charge in [-0.05, 0) is 42.5 Å². The number of carbonyl (C=O) groups excluding carboxylic acids is 2. The first-order valence-corrected chi connectivity index (χ1v) is 7.00. The maximum Gasteiger partial charge on any atom is 0.359 e. The second kappa shape index (κ2) is 6.22. The van der Waals surface area contributed by atoms with E-state index in [1.54, 1.807) is 42.5 Å². The van der Waals surface area contributed by atoms with E-state index >= 15 is 0 Å². The lowest BCUT2D eigenvalue weighted by atomic mass is 10.1. The van der Waals surface area contributed by atoms with E-state index in [9.17, 15) is 9.59 Å². The predicted molar refractivity (Wildman–Crippen MR) is 86.5 cm³/mol. The van der Waals surface area contributed by atoms with Crippen LogP contribution in [0.15, 0.2) is 42.5 Å². The maximum atomic E-state index is 12.3. The molecule has 0 aliphatic carbocycles. The lowest BCUT2D eigenvalue weighted by molar-refractivity contribution is 0.0596. The molecule has 24 heavy (non-hydrogen) atoms. The normalized spacial score (nSPS) is 10.2. The highest BCUT2D eigenvalue weighted by Crippen LogP contribution is 2.21. The van der Waals surface area contributed by atoms with Crippen molar-refractivity contribution in [2.75, 3.05) is 12.4 Å². The molecule has 1 aromatic heterocycles. The van der Waals surface area contributed by atoms with Crippen molar-refractivity contribution in [1.29, 1.82) is 5.26 Å². The van der Waals surface area contributed by atoms with Gasteiger partial charge in [0.1, 0.15) is 0 Å². The molecule has 0 atom stereocenters. The quantitative estimate of drug-likeness (QED) is 0.721. The summed E-state index contributed by atoms with van der Waals surface area (Å²) in [5.74, 6) is -0.876. The summed E-state index contributed by atoms with van der Waals surface area (Å²) in [6.45, 7) is 0. The minimum Gasteiger partial charge on any atom is -0.464 e. The van der Waals surface area contributed by atoms with E-state index in [2.05, 4.69) is 20.3 Å². The minimum absolute atomic E-state index is 0.155. The summed E-state index contributed by atoms with van der Waals surface area (Å²) in [7, 11) is 1.28. The number of ether oxygens (including phenoxy) is 1. The van der Waals surface area contributed by atoms with Gasteiger partial charge in [-0.1, -0.05) is 0 Å². The van der Waals surface area contributed by atoms with Gasteiger partial charge < -0.3 is 10.1 Å². The molecule has 0 aliphatic rings. The summed E-state index contributed by atoms with van der Waals surface area (Å²) in [6.07, 6.45) is 0. The second-order valence-electron chi connectivity index (χ2n) is 4.97. The molecule has 0 bridgehead atoms. The van der Waals surface area contributed by atoms with Crippen LogP contribution in [-0.2, 0) is 4.74 Å².